The SMILES string of the molecule is CNC(=O)C(C(=O)CO)N(C)C(=O)c1ccc(-c2ccc(OC(F)(F)C(F)F)cc2)cc1. The van der Waals surface area contributed by atoms with E-state index in [1.54, 1.807) is 0 Å². The molecule has 0 aliphatic heterocycles. The summed E-state index contributed by atoms with van der Waals surface area (Å²) < 4.78 is 54.4. The normalized spacial score (nSPS) is 12.2. The Hall–Kier alpha value is -3.47. The van der Waals surface area contributed by atoms with Crippen molar-refractivity contribution < 1.29 is 41.8 Å². The van der Waals surface area contributed by atoms with Gasteiger partial charge in [0.15, 0.2) is 11.8 Å². The van der Waals surface area contributed by atoms with Gasteiger partial charge in [-0.2, -0.15) is 17.6 Å². The number of nitrogens with zero attached hydrogens (tertiary/aromatic N) is 1. The molecule has 0 aliphatic carbocycles. The summed E-state index contributed by atoms with van der Waals surface area (Å²) in [5.74, 6) is -2.70. The monoisotopic (exact) mass is 456 g/mol. The number of ether oxygens (including phenoxy) is 1. The summed E-state index contributed by atoms with van der Waals surface area (Å²) in [6.45, 7) is -0.919. The van der Waals surface area contributed by atoms with Gasteiger partial charge in [0.25, 0.3) is 5.91 Å². The van der Waals surface area contributed by atoms with E-state index in [0.717, 1.165) is 17.0 Å². The van der Waals surface area contributed by atoms with Gasteiger partial charge in [0.2, 0.25) is 5.91 Å². The Bertz CT molecular complexity index is 949. The van der Waals surface area contributed by atoms with E-state index in [4.69, 9.17) is 5.11 Å². The molecule has 172 valence electrons. The summed E-state index contributed by atoms with van der Waals surface area (Å²) in [5, 5.41) is 11.3. The van der Waals surface area contributed by atoms with Gasteiger partial charge in [-0.15, -0.1) is 0 Å². The minimum absolute atomic E-state index is 0.146. The summed E-state index contributed by atoms with van der Waals surface area (Å²) in [6.07, 6.45) is -8.58. The summed E-state index contributed by atoms with van der Waals surface area (Å²) in [7, 11) is 2.54. The number of hydrogen-bond donors (Lipinski definition) is 2. The number of amides is 2. The molecular weight excluding hydrogens is 436 g/mol. The first-order valence-electron chi connectivity index (χ1n) is 9.19. The molecule has 32 heavy (non-hydrogen) atoms. The van der Waals surface area contributed by atoms with Gasteiger partial charge in [-0.1, -0.05) is 24.3 Å². The second-order valence-corrected chi connectivity index (χ2v) is 6.62. The number of alkyl halides is 4. The molecule has 0 fully saturated rings. The first-order chi connectivity index (χ1) is 15.0. The highest BCUT2D eigenvalue weighted by molar-refractivity contribution is 6.10. The van der Waals surface area contributed by atoms with Gasteiger partial charge in [0, 0.05) is 19.7 Å². The Labute approximate surface area is 180 Å². The lowest BCUT2D eigenvalue weighted by molar-refractivity contribution is -0.253. The van der Waals surface area contributed by atoms with E-state index < -0.39 is 48.5 Å². The molecule has 1 unspecified atom stereocenters. The van der Waals surface area contributed by atoms with Crippen molar-refractivity contribution in [1.82, 2.24) is 10.2 Å². The van der Waals surface area contributed by atoms with Crippen LogP contribution in [-0.4, -0.2) is 66.9 Å². The molecule has 7 nitrogen and oxygen atoms in total. The number of carbonyl (C=O) groups is 3. The number of likely N-dealkylation sites (N-methyl/N-ethyl adjacent to an activating group) is 2. The van der Waals surface area contributed by atoms with Crippen LogP contribution in [0.25, 0.3) is 11.1 Å². The second kappa shape index (κ2) is 10.2. The predicted molar refractivity (Wildman–Crippen MR) is 105 cm³/mol. The largest absolute Gasteiger partial charge is 0.461 e. The number of nitrogens with one attached hydrogen (secondary N) is 1. The van der Waals surface area contributed by atoms with Crippen LogP contribution in [0.4, 0.5) is 17.6 Å². The molecule has 2 aromatic rings. The van der Waals surface area contributed by atoms with Crippen LogP contribution in [0.2, 0.25) is 0 Å². The van der Waals surface area contributed by atoms with Crippen LogP contribution in [0.3, 0.4) is 0 Å². The lowest BCUT2D eigenvalue weighted by Crippen LogP contribution is -2.52. The molecular formula is C21H20F4N2O5. The quantitative estimate of drug-likeness (QED) is 0.446. The van der Waals surface area contributed by atoms with E-state index in [-0.39, 0.29) is 5.56 Å². The van der Waals surface area contributed by atoms with Crippen LogP contribution in [0.1, 0.15) is 10.4 Å². The summed E-state index contributed by atoms with van der Waals surface area (Å²) in [6, 6.07) is 9.38. The van der Waals surface area contributed by atoms with E-state index in [2.05, 4.69) is 10.1 Å². The molecule has 2 aromatic carbocycles. The van der Waals surface area contributed by atoms with Crippen LogP contribution in [0.5, 0.6) is 5.75 Å². The average Bonchev–Trinajstić information content (AvgIpc) is 2.78. The maximum Gasteiger partial charge on any atom is 0.461 e. The minimum atomic E-state index is -4.61. The smallest absolute Gasteiger partial charge is 0.428 e. The zero-order chi connectivity index (χ0) is 24.1. The van der Waals surface area contributed by atoms with Gasteiger partial charge >= 0.3 is 12.5 Å². The van der Waals surface area contributed by atoms with Crippen molar-refractivity contribution in [3.63, 3.8) is 0 Å². The molecule has 2 N–H and O–H groups in total. The molecule has 11 heteroatoms. The van der Waals surface area contributed by atoms with Crippen molar-refractivity contribution in [1.29, 1.82) is 0 Å². The molecule has 0 heterocycles. The van der Waals surface area contributed by atoms with E-state index >= 15 is 0 Å². The minimum Gasteiger partial charge on any atom is -0.428 e. The van der Waals surface area contributed by atoms with Crippen LogP contribution in [0.15, 0.2) is 48.5 Å². The molecule has 0 spiro atoms. The fraction of sp³-hybridized carbons (Fsp3) is 0.286. The van der Waals surface area contributed by atoms with E-state index in [1.165, 1.54) is 50.5 Å². The number of rotatable bonds is 9. The Kier molecular flexibility index (Phi) is 7.92. The van der Waals surface area contributed by atoms with Crippen LogP contribution in [-0.2, 0) is 9.59 Å². The number of aliphatic hydroxyl groups is 1. The Balaban J connectivity index is 2.18. The third kappa shape index (κ3) is 5.61. The van der Waals surface area contributed by atoms with Crippen LogP contribution >= 0.6 is 0 Å². The maximum atomic E-state index is 13.0. The molecule has 1 atom stereocenters. The number of halogens is 4. The number of benzene rings is 2. The fourth-order valence-corrected chi connectivity index (χ4v) is 2.80. The number of carbonyl (C=O) groups excluding carboxylic acids is 3. The van der Waals surface area contributed by atoms with Crippen LogP contribution in [0, 0.1) is 0 Å². The average molecular weight is 456 g/mol. The molecule has 2 rings (SSSR count). The van der Waals surface area contributed by atoms with Gasteiger partial charge < -0.3 is 20.1 Å². The third-order valence-corrected chi connectivity index (χ3v) is 4.49. The summed E-state index contributed by atoms with van der Waals surface area (Å²) in [4.78, 5) is 37.4. The Morgan fingerprint density at radius 2 is 1.53 bits per heavy atom. The van der Waals surface area contributed by atoms with Crippen molar-refractivity contribution in [2.45, 2.75) is 18.6 Å². The van der Waals surface area contributed by atoms with Gasteiger partial charge in [-0.3, -0.25) is 14.4 Å². The second-order valence-electron chi connectivity index (χ2n) is 6.62. The highest BCUT2D eigenvalue weighted by Crippen LogP contribution is 2.29. The molecule has 2 amide bonds. The van der Waals surface area contributed by atoms with Gasteiger partial charge in [-0.25, -0.2) is 0 Å². The van der Waals surface area contributed by atoms with E-state index in [1.807, 2.05) is 0 Å². The Morgan fingerprint density at radius 3 is 1.97 bits per heavy atom. The highest BCUT2D eigenvalue weighted by Gasteiger charge is 2.43. The Morgan fingerprint density at radius 1 is 1.03 bits per heavy atom. The third-order valence-electron chi connectivity index (χ3n) is 4.49. The summed E-state index contributed by atoms with van der Waals surface area (Å²) >= 11 is 0. The molecule has 0 saturated heterocycles. The predicted octanol–water partition coefficient (Wildman–Crippen LogP) is 2.34. The topological polar surface area (TPSA) is 95.9 Å². The van der Waals surface area contributed by atoms with E-state index in [0.29, 0.717) is 11.1 Å². The zero-order valence-corrected chi connectivity index (χ0v) is 17.0. The number of aliphatic hydroxyl groups excluding tert-OH is 1. The number of hydrogen-bond acceptors (Lipinski definition) is 5. The van der Waals surface area contributed by atoms with Crippen molar-refractivity contribution in [3.8, 4) is 16.9 Å². The first-order valence-corrected chi connectivity index (χ1v) is 9.19. The highest BCUT2D eigenvalue weighted by atomic mass is 19.3. The first kappa shape index (κ1) is 24.8. The van der Waals surface area contributed by atoms with Gasteiger partial charge in [0.1, 0.15) is 12.4 Å². The molecule has 0 aromatic heterocycles. The van der Waals surface area contributed by atoms with Crippen molar-refractivity contribution in [2.75, 3.05) is 20.7 Å². The lowest BCUT2D eigenvalue weighted by Gasteiger charge is -2.25. The fourth-order valence-electron chi connectivity index (χ4n) is 2.80. The zero-order valence-electron chi connectivity index (χ0n) is 17.0. The van der Waals surface area contributed by atoms with Crippen molar-refractivity contribution >= 4 is 17.6 Å². The molecule has 0 saturated carbocycles. The van der Waals surface area contributed by atoms with Gasteiger partial charge in [0.05, 0.1) is 0 Å². The van der Waals surface area contributed by atoms with Crippen LogP contribution < -0.4 is 10.1 Å². The van der Waals surface area contributed by atoms with E-state index in [9.17, 15) is 31.9 Å². The molecule has 0 aliphatic rings. The lowest BCUT2D eigenvalue weighted by atomic mass is 10.0. The van der Waals surface area contributed by atoms with Crippen molar-refractivity contribution in [3.05, 3.63) is 54.1 Å². The maximum absolute atomic E-state index is 13.0. The number of Topliss-reactive ketones (excluding diaryl/α,β-unsaturated/α-hetero) is 1. The standard InChI is InChI=1S/C21H20F4N2O5/c1-26-18(30)17(16(29)11-28)27(2)19(31)14-5-3-12(4-6-14)13-7-9-15(10-8-13)32-21(24,25)20(22)23/h3-10,17,20,28H,11H2,1-2H3,(H,26,30). The molecule has 0 radical (unpaired) electrons. The number of ketones is 1. The summed E-state index contributed by atoms with van der Waals surface area (Å²) in [5.41, 5.74) is 1.25. The van der Waals surface area contributed by atoms with Gasteiger partial charge in [-0.05, 0) is 35.4 Å². The van der Waals surface area contributed by atoms with Crippen molar-refractivity contribution in [2.24, 2.45) is 0 Å². The molecule has 0 bridgehead atoms.